The van der Waals surface area contributed by atoms with Gasteiger partial charge in [0, 0.05) is 24.2 Å². The van der Waals surface area contributed by atoms with Gasteiger partial charge in [0.15, 0.2) is 0 Å². The average Bonchev–Trinajstić information content (AvgIpc) is 2.47. The molecule has 114 valence electrons. The average molecular weight is 292 g/mol. The van der Waals surface area contributed by atoms with Crippen molar-refractivity contribution in [2.75, 3.05) is 19.6 Å². The highest BCUT2D eigenvalue weighted by molar-refractivity contribution is 5.76. The molecule has 7 heteroatoms. The molecule has 1 aromatic carbocycles. The Labute approximate surface area is 123 Å². The van der Waals surface area contributed by atoms with E-state index in [4.69, 9.17) is 5.73 Å². The first-order chi connectivity index (χ1) is 10.1. The van der Waals surface area contributed by atoms with Crippen molar-refractivity contribution in [3.63, 3.8) is 0 Å². The maximum Gasteiger partial charge on any atom is 0.273 e. The summed E-state index contributed by atoms with van der Waals surface area (Å²) in [5.74, 6) is -0.410. The van der Waals surface area contributed by atoms with Crippen LogP contribution in [0, 0.1) is 10.1 Å². The summed E-state index contributed by atoms with van der Waals surface area (Å²) >= 11 is 0. The van der Waals surface area contributed by atoms with Crippen LogP contribution < -0.4 is 11.1 Å². The van der Waals surface area contributed by atoms with Crippen LogP contribution in [0.4, 0.5) is 5.69 Å². The van der Waals surface area contributed by atoms with E-state index in [2.05, 4.69) is 5.32 Å². The van der Waals surface area contributed by atoms with Crippen molar-refractivity contribution in [3.05, 3.63) is 39.9 Å². The van der Waals surface area contributed by atoms with E-state index in [9.17, 15) is 14.9 Å². The fourth-order valence-electron chi connectivity index (χ4n) is 2.73. The molecule has 0 bridgehead atoms. The van der Waals surface area contributed by atoms with E-state index in [1.165, 1.54) is 6.07 Å². The molecule has 1 amide bonds. The van der Waals surface area contributed by atoms with Crippen LogP contribution in [-0.2, 0) is 11.3 Å². The van der Waals surface area contributed by atoms with Crippen LogP contribution >= 0.6 is 0 Å². The third kappa shape index (κ3) is 4.24. The molecule has 0 unspecified atom stereocenters. The van der Waals surface area contributed by atoms with Gasteiger partial charge in [-0.3, -0.25) is 19.8 Å². The van der Waals surface area contributed by atoms with E-state index >= 15 is 0 Å². The molecule has 1 fully saturated rings. The first-order valence-electron chi connectivity index (χ1n) is 7.03. The molecule has 0 spiro atoms. The van der Waals surface area contributed by atoms with Crippen molar-refractivity contribution in [1.29, 1.82) is 0 Å². The Hall–Kier alpha value is -1.99. The number of carbonyl (C=O) groups excluding carboxylic acids is 1. The van der Waals surface area contributed by atoms with Crippen molar-refractivity contribution >= 4 is 11.6 Å². The Morgan fingerprint density at radius 3 is 2.67 bits per heavy atom. The minimum Gasteiger partial charge on any atom is -0.369 e. The molecule has 0 radical (unpaired) electrons. The highest BCUT2D eigenvalue weighted by Crippen LogP contribution is 2.22. The number of nitrogens with two attached hydrogens (primary N) is 1. The molecular formula is C14H20N4O3. The Kier molecular flexibility index (Phi) is 5.24. The smallest absolute Gasteiger partial charge is 0.273 e. The summed E-state index contributed by atoms with van der Waals surface area (Å²) in [6.45, 7) is 2.26. The van der Waals surface area contributed by atoms with Gasteiger partial charge in [-0.2, -0.15) is 0 Å². The van der Waals surface area contributed by atoms with Crippen molar-refractivity contribution < 1.29 is 9.72 Å². The lowest BCUT2D eigenvalue weighted by Crippen LogP contribution is -2.46. The lowest BCUT2D eigenvalue weighted by atomic mass is 10.0. The van der Waals surface area contributed by atoms with Gasteiger partial charge in [-0.15, -0.1) is 0 Å². The van der Waals surface area contributed by atoms with Gasteiger partial charge in [0.2, 0.25) is 5.91 Å². The number of rotatable bonds is 6. The second kappa shape index (κ2) is 7.14. The maximum absolute atomic E-state index is 11.3. The molecule has 2 rings (SSSR count). The molecule has 0 saturated carbocycles. The number of nitrogens with zero attached hydrogens (tertiary/aromatic N) is 2. The molecule has 3 N–H and O–H groups in total. The summed E-state index contributed by atoms with van der Waals surface area (Å²) in [7, 11) is 0. The minimum absolute atomic E-state index is 0.0842. The van der Waals surface area contributed by atoms with Gasteiger partial charge in [0.05, 0.1) is 11.5 Å². The van der Waals surface area contributed by atoms with E-state index in [0.29, 0.717) is 12.1 Å². The van der Waals surface area contributed by atoms with Crippen LogP contribution in [-0.4, -0.2) is 41.4 Å². The molecule has 0 aliphatic carbocycles. The van der Waals surface area contributed by atoms with Crippen LogP contribution in [0.5, 0.6) is 0 Å². The van der Waals surface area contributed by atoms with Crippen LogP contribution in [0.2, 0.25) is 0 Å². The molecule has 1 heterocycles. The highest BCUT2D eigenvalue weighted by atomic mass is 16.6. The standard InChI is InChI=1S/C14H20N4O3/c15-14(19)10-17(12-5-7-16-8-6-12)9-11-3-1-2-4-13(11)18(20)21/h1-4,12,16H,5-10H2,(H2,15,19). The second-order valence-corrected chi connectivity index (χ2v) is 5.24. The molecule has 0 atom stereocenters. The second-order valence-electron chi connectivity index (χ2n) is 5.24. The number of piperidine rings is 1. The maximum atomic E-state index is 11.3. The Balaban J connectivity index is 2.18. The fraction of sp³-hybridized carbons (Fsp3) is 0.500. The Morgan fingerprint density at radius 2 is 2.05 bits per heavy atom. The van der Waals surface area contributed by atoms with Gasteiger partial charge in [-0.25, -0.2) is 0 Å². The Morgan fingerprint density at radius 1 is 1.38 bits per heavy atom. The van der Waals surface area contributed by atoms with Crippen LogP contribution in [0.15, 0.2) is 24.3 Å². The van der Waals surface area contributed by atoms with Crippen molar-refractivity contribution in [2.24, 2.45) is 5.73 Å². The third-order valence-electron chi connectivity index (χ3n) is 3.75. The van der Waals surface area contributed by atoms with Crippen LogP contribution in [0.1, 0.15) is 18.4 Å². The minimum atomic E-state index is -0.410. The topological polar surface area (TPSA) is 102 Å². The normalized spacial score (nSPS) is 16.0. The molecule has 1 saturated heterocycles. The molecular weight excluding hydrogens is 272 g/mol. The summed E-state index contributed by atoms with van der Waals surface area (Å²) in [5, 5.41) is 14.4. The number of hydrogen-bond donors (Lipinski definition) is 2. The monoisotopic (exact) mass is 292 g/mol. The van der Waals surface area contributed by atoms with E-state index in [1.807, 2.05) is 4.90 Å². The quantitative estimate of drug-likeness (QED) is 0.591. The van der Waals surface area contributed by atoms with Gasteiger partial charge in [0.25, 0.3) is 5.69 Å². The van der Waals surface area contributed by atoms with Crippen molar-refractivity contribution in [3.8, 4) is 0 Å². The van der Waals surface area contributed by atoms with Crippen molar-refractivity contribution in [1.82, 2.24) is 10.2 Å². The van der Waals surface area contributed by atoms with Gasteiger partial charge in [0.1, 0.15) is 0 Å². The number of benzene rings is 1. The fourth-order valence-corrected chi connectivity index (χ4v) is 2.73. The van der Waals surface area contributed by atoms with Gasteiger partial charge in [-0.05, 0) is 25.9 Å². The largest absolute Gasteiger partial charge is 0.369 e. The molecule has 21 heavy (non-hydrogen) atoms. The zero-order valence-electron chi connectivity index (χ0n) is 11.8. The number of hydrogen-bond acceptors (Lipinski definition) is 5. The number of para-hydroxylation sites is 1. The number of nitro groups is 1. The summed E-state index contributed by atoms with van der Waals surface area (Å²) < 4.78 is 0. The number of primary amides is 1. The number of nitrogens with one attached hydrogen (secondary N) is 1. The number of nitro benzene ring substituents is 1. The number of carbonyl (C=O) groups is 1. The number of amides is 1. The lowest BCUT2D eigenvalue weighted by Gasteiger charge is -2.33. The van der Waals surface area contributed by atoms with Crippen LogP contribution in [0.25, 0.3) is 0 Å². The summed E-state index contributed by atoms with van der Waals surface area (Å²) in [5.41, 5.74) is 6.02. The van der Waals surface area contributed by atoms with Gasteiger partial charge >= 0.3 is 0 Å². The zero-order chi connectivity index (χ0) is 15.2. The van der Waals surface area contributed by atoms with E-state index in [0.717, 1.165) is 25.9 Å². The van der Waals surface area contributed by atoms with E-state index in [-0.39, 0.29) is 23.2 Å². The Bertz CT molecular complexity index is 515. The lowest BCUT2D eigenvalue weighted by molar-refractivity contribution is -0.385. The molecule has 0 aromatic heterocycles. The van der Waals surface area contributed by atoms with E-state index in [1.54, 1.807) is 18.2 Å². The summed E-state index contributed by atoms with van der Waals surface area (Å²) in [6.07, 6.45) is 1.82. The summed E-state index contributed by atoms with van der Waals surface area (Å²) in [4.78, 5) is 23.9. The van der Waals surface area contributed by atoms with Gasteiger partial charge in [-0.1, -0.05) is 18.2 Å². The van der Waals surface area contributed by atoms with Gasteiger partial charge < -0.3 is 11.1 Å². The molecule has 7 nitrogen and oxygen atoms in total. The highest BCUT2D eigenvalue weighted by Gasteiger charge is 2.24. The predicted molar refractivity (Wildman–Crippen MR) is 78.6 cm³/mol. The molecule has 1 aliphatic heterocycles. The zero-order valence-corrected chi connectivity index (χ0v) is 11.8. The van der Waals surface area contributed by atoms with Crippen LogP contribution in [0.3, 0.4) is 0 Å². The first kappa shape index (κ1) is 15.4. The third-order valence-corrected chi connectivity index (χ3v) is 3.75. The molecule has 1 aliphatic rings. The van der Waals surface area contributed by atoms with Crippen molar-refractivity contribution in [2.45, 2.75) is 25.4 Å². The SMILES string of the molecule is NC(=O)CN(Cc1ccccc1[N+](=O)[O-])C1CCNCC1. The first-order valence-corrected chi connectivity index (χ1v) is 7.03. The molecule has 1 aromatic rings. The predicted octanol–water partition coefficient (Wildman–Crippen LogP) is 0.634. The van der Waals surface area contributed by atoms with E-state index < -0.39 is 5.91 Å². The summed E-state index contributed by atoms with van der Waals surface area (Å²) in [6, 6.07) is 6.85.